The van der Waals surface area contributed by atoms with Crippen molar-refractivity contribution in [2.75, 3.05) is 13.2 Å². The lowest BCUT2D eigenvalue weighted by atomic mass is 10.0. The van der Waals surface area contributed by atoms with Crippen molar-refractivity contribution < 1.29 is 24.5 Å². The molecule has 2 atom stereocenters. The number of amides is 1. The Kier molecular flexibility index (Phi) is 40.2. The summed E-state index contributed by atoms with van der Waals surface area (Å²) in [6.45, 7) is 4.82. The Hall–Kier alpha value is -1.40. The second-order valence-electron chi connectivity index (χ2n) is 15.4. The number of carbonyl (C=O) groups excluding carboxylic acids is 2. The molecule has 6 heteroatoms. The molecule has 0 bridgehead atoms. The fourth-order valence-electron chi connectivity index (χ4n) is 6.81. The summed E-state index contributed by atoms with van der Waals surface area (Å²) in [5, 5.41) is 22.9. The van der Waals surface area contributed by atoms with E-state index in [1.54, 1.807) is 6.08 Å². The van der Waals surface area contributed by atoms with Gasteiger partial charge in [-0.3, -0.25) is 9.59 Å². The molecule has 2 unspecified atom stereocenters. The van der Waals surface area contributed by atoms with E-state index in [9.17, 15) is 19.8 Å². The molecule has 0 aromatic rings. The number of unbranched alkanes of at least 4 members (excludes halogenated alkanes) is 30. The van der Waals surface area contributed by atoms with Crippen molar-refractivity contribution in [2.45, 2.75) is 251 Å². The molecule has 0 rings (SSSR count). The van der Waals surface area contributed by atoms with Gasteiger partial charge in [-0.15, -0.1) is 0 Å². The zero-order valence-electron chi connectivity index (χ0n) is 34.1. The number of nitrogens with one attached hydrogen (secondary N) is 1. The maximum Gasteiger partial charge on any atom is 0.305 e. The first kappa shape index (κ1) is 49.6. The van der Waals surface area contributed by atoms with Crippen LogP contribution in [0.2, 0.25) is 0 Å². The fraction of sp³-hybridized carbons (Fsp3) is 0.911. The number of rotatable bonds is 41. The van der Waals surface area contributed by atoms with E-state index < -0.39 is 12.1 Å². The molecule has 0 heterocycles. The number of hydrogen-bond donors (Lipinski definition) is 3. The number of esters is 1. The highest BCUT2D eigenvalue weighted by Gasteiger charge is 2.18. The van der Waals surface area contributed by atoms with Crippen molar-refractivity contribution in [3.63, 3.8) is 0 Å². The number of allylic oxidation sites excluding steroid dienone is 1. The number of aliphatic hydroxyl groups excluding tert-OH is 2. The predicted octanol–water partition coefficient (Wildman–Crippen LogP) is 12.6. The third-order valence-corrected chi connectivity index (χ3v) is 10.3. The molecular weight excluding hydrogens is 634 g/mol. The van der Waals surface area contributed by atoms with Gasteiger partial charge in [0, 0.05) is 12.8 Å². The lowest BCUT2D eigenvalue weighted by molar-refractivity contribution is -0.143. The van der Waals surface area contributed by atoms with Crippen molar-refractivity contribution in [2.24, 2.45) is 0 Å². The molecule has 0 spiro atoms. The van der Waals surface area contributed by atoms with Crippen molar-refractivity contribution >= 4 is 11.9 Å². The van der Waals surface area contributed by atoms with Gasteiger partial charge in [-0.05, 0) is 32.1 Å². The van der Waals surface area contributed by atoms with Crippen LogP contribution in [0.5, 0.6) is 0 Å². The van der Waals surface area contributed by atoms with Gasteiger partial charge in [0.1, 0.15) is 0 Å². The fourth-order valence-corrected chi connectivity index (χ4v) is 6.81. The van der Waals surface area contributed by atoms with Crippen LogP contribution in [-0.4, -0.2) is 47.4 Å². The van der Waals surface area contributed by atoms with E-state index in [-0.39, 0.29) is 18.5 Å². The van der Waals surface area contributed by atoms with Crippen LogP contribution in [0.1, 0.15) is 239 Å². The molecule has 51 heavy (non-hydrogen) atoms. The van der Waals surface area contributed by atoms with Crippen molar-refractivity contribution in [1.29, 1.82) is 0 Å². The molecule has 0 aliphatic rings. The van der Waals surface area contributed by atoms with Crippen LogP contribution in [0.15, 0.2) is 12.2 Å². The summed E-state index contributed by atoms with van der Waals surface area (Å²) in [5.74, 6) is -0.123. The van der Waals surface area contributed by atoms with Crippen LogP contribution in [0.25, 0.3) is 0 Å². The van der Waals surface area contributed by atoms with Crippen LogP contribution in [0.4, 0.5) is 0 Å². The lowest BCUT2D eigenvalue weighted by Gasteiger charge is -2.20. The molecule has 0 fully saturated rings. The van der Waals surface area contributed by atoms with E-state index in [0.717, 1.165) is 57.8 Å². The van der Waals surface area contributed by atoms with Crippen molar-refractivity contribution in [3.05, 3.63) is 12.2 Å². The molecule has 3 N–H and O–H groups in total. The smallest absolute Gasteiger partial charge is 0.305 e. The predicted molar refractivity (Wildman–Crippen MR) is 218 cm³/mol. The summed E-state index contributed by atoms with van der Waals surface area (Å²) in [5.41, 5.74) is 0. The Morgan fingerprint density at radius 2 is 0.902 bits per heavy atom. The molecular formula is C45H87NO5. The third kappa shape index (κ3) is 38.1. The van der Waals surface area contributed by atoms with Gasteiger partial charge in [0.2, 0.25) is 5.91 Å². The van der Waals surface area contributed by atoms with E-state index in [4.69, 9.17) is 4.74 Å². The first-order valence-corrected chi connectivity index (χ1v) is 22.5. The highest BCUT2D eigenvalue weighted by molar-refractivity contribution is 5.76. The molecule has 1 amide bonds. The van der Waals surface area contributed by atoms with Crippen LogP contribution in [0.3, 0.4) is 0 Å². The number of carbonyl (C=O) groups is 2. The second-order valence-corrected chi connectivity index (χ2v) is 15.4. The molecule has 0 aliphatic carbocycles. The summed E-state index contributed by atoms with van der Waals surface area (Å²) in [7, 11) is 0. The van der Waals surface area contributed by atoms with E-state index in [1.165, 1.54) is 154 Å². The summed E-state index contributed by atoms with van der Waals surface area (Å²) < 4.78 is 5.43. The van der Waals surface area contributed by atoms with Crippen molar-refractivity contribution in [1.82, 2.24) is 5.32 Å². The maximum atomic E-state index is 12.4. The first-order valence-electron chi connectivity index (χ1n) is 22.5. The molecule has 0 saturated heterocycles. The highest BCUT2D eigenvalue weighted by Crippen LogP contribution is 2.15. The third-order valence-electron chi connectivity index (χ3n) is 10.3. The monoisotopic (exact) mass is 722 g/mol. The van der Waals surface area contributed by atoms with Gasteiger partial charge in [0.05, 0.1) is 25.4 Å². The SMILES string of the molecule is CCCCCCCCCCCCC/C=C/C(O)C(CO)NC(=O)CCCCCCCCCCCOC(=O)CCCCCCCCCCCCCC. The minimum Gasteiger partial charge on any atom is -0.466 e. The van der Waals surface area contributed by atoms with Crippen molar-refractivity contribution in [3.8, 4) is 0 Å². The Balaban J connectivity index is 3.54. The molecule has 6 nitrogen and oxygen atoms in total. The Morgan fingerprint density at radius 3 is 1.33 bits per heavy atom. The molecule has 0 aromatic carbocycles. The largest absolute Gasteiger partial charge is 0.466 e. The van der Waals surface area contributed by atoms with Gasteiger partial charge in [0.15, 0.2) is 0 Å². The number of hydrogen-bond acceptors (Lipinski definition) is 5. The molecule has 0 saturated carbocycles. The standard InChI is InChI=1S/C45H87NO5/c1-3-5-7-9-11-13-15-17-18-21-25-29-33-37-43(48)42(41-47)46-44(49)38-34-30-26-22-20-24-28-32-36-40-51-45(50)39-35-31-27-23-19-16-14-12-10-8-6-4-2/h33,37,42-43,47-48H,3-32,34-36,38-41H2,1-2H3,(H,46,49)/b37-33+. The maximum absolute atomic E-state index is 12.4. The zero-order valence-corrected chi connectivity index (χ0v) is 34.1. The zero-order chi connectivity index (χ0) is 37.3. The molecule has 0 aromatic heterocycles. The first-order chi connectivity index (χ1) is 25.0. The van der Waals surface area contributed by atoms with E-state index in [0.29, 0.717) is 19.4 Å². The van der Waals surface area contributed by atoms with Gasteiger partial charge < -0.3 is 20.3 Å². The van der Waals surface area contributed by atoms with E-state index in [1.807, 2.05) is 6.08 Å². The molecule has 302 valence electrons. The quantitative estimate of drug-likeness (QED) is 0.0332. The summed E-state index contributed by atoms with van der Waals surface area (Å²) in [6.07, 6.45) is 44.7. The van der Waals surface area contributed by atoms with Crippen LogP contribution in [-0.2, 0) is 14.3 Å². The summed E-state index contributed by atoms with van der Waals surface area (Å²) >= 11 is 0. The number of aliphatic hydroxyl groups is 2. The van der Waals surface area contributed by atoms with Gasteiger partial charge in [0.25, 0.3) is 0 Å². The summed E-state index contributed by atoms with van der Waals surface area (Å²) in [4.78, 5) is 24.3. The van der Waals surface area contributed by atoms with Gasteiger partial charge in [-0.2, -0.15) is 0 Å². The molecule has 0 aliphatic heterocycles. The van der Waals surface area contributed by atoms with Gasteiger partial charge >= 0.3 is 5.97 Å². The van der Waals surface area contributed by atoms with Gasteiger partial charge in [-0.25, -0.2) is 0 Å². The Bertz CT molecular complexity index is 757. The Morgan fingerprint density at radius 1 is 0.529 bits per heavy atom. The average molecular weight is 722 g/mol. The lowest BCUT2D eigenvalue weighted by Crippen LogP contribution is -2.45. The van der Waals surface area contributed by atoms with Gasteiger partial charge in [-0.1, -0.05) is 206 Å². The second kappa shape index (κ2) is 41.4. The topological polar surface area (TPSA) is 95.9 Å². The minimum absolute atomic E-state index is 0.0271. The molecule has 0 radical (unpaired) electrons. The van der Waals surface area contributed by atoms with E-state index in [2.05, 4.69) is 19.2 Å². The average Bonchev–Trinajstić information content (AvgIpc) is 3.13. The van der Waals surface area contributed by atoms with Crippen LogP contribution in [0, 0.1) is 0 Å². The number of ether oxygens (including phenoxy) is 1. The summed E-state index contributed by atoms with van der Waals surface area (Å²) in [6, 6.07) is -0.645. The van der Waals surface area contributed by atoms with E-state index >= 15 is 0 Å². The highest BCUT2D eigenvalue weighted by atomic mass is 16.5. The minimum atomic E-state index is -0.859. The normalized spacial score (nSPS) is 12.8. The van der Waals surface area contributed by atoms with Crippen LogP contribution >= 0.6 is 0 Å². The van der Waals surface area contributed by atoms with Crippen LogP contribution < -0.4 is 5.32 Å². The Labute approximate surface area is 317 Å².